The van der Waals surface area contributed by atoms with Crippen LogP contribution in [0.25, 0.3) is 0 Å². The molecule has 100 valence electrons. The standard InChI is InChI=1S/C10H13F3N4O/c1-6-4-7(14)8(17-5-6)15-2-3-16-9(18)10(11,12)13/h4-5H,2-3,14H2,1H3,(H,15,17)(H,16,18). The number of nitrogens with one attached hydrogen (secondary N) is 2. The van der Waals surface area contributed by atoms with E-state index in [-0.39, 0.29) is 13.1 Å². The van der Waals surface area contributed by atoms with Crippen molar-refractivity contribution in [2.45, 2.75) is 13.1 Å². The van der Waals surface area contributed by atoms with E-state index < -0.39 is 12.1 Å². The first kappa shape index (κ1) is 14.1. The molecular weight excluding hydrogens is 249 g/mol. The lowest BCUT2D eigenvalue weighted by molar-refractivity contribution is -0.173. The Morgan fingerprint density at radius 3 is 2.67 bits per heavy atom. The van der Waals surface area contributed by atoms with Gasteiger partial charge in [-0.25, -0.2) is 4.98 Å². The summed E-state index contributed by atoms with van der Waals surface area (Å²) in [6, 6.07) is 1.68. The Bertz CT molecular complexity index is 434. The van der Waals surface area contributed by atoms with Crippen LogP contribution >= 0.6 is 0 Å². The number of pyridine rings is 1. The molecule has 0 radical (unpaired) electrons. The highest BCUT2D eigenvalue weighted by atomic mass is 19.4. The predicted octanol–water partition coefficient (Wildman–Crippen LogP) is 1.06. The molecule has 0 atom stereocenters. The zero-order valence-corrected chi connectivity index (χ0v) is 9.64. The van der Waals surface area contributed by atoms with Crippen LogP contribution in [0.15, 0.2) is 12.3 Å². The smallest absolute Gasteiger partial charge is 0.396 e. The molecular formula is C10H13F3N4O. The highest BCUT2D eigenvalue weighted by molar-refractivity contribution is 5.81. The van der Waals surface area contributed by atoms with Crippen LogP contribution in [0.3, 0.4) is 0 Å². The van der Waals surface area contributed by atoms with E-state index in [2.05, 4.69) is 10.3 Å². The van der Waals surface area contributed by atoms with Crippen molar-refractivity contribution in [3.63, 3.8) is 0 Å². The fourth-order valence-corrected chi connectivity index (χ4v) is 1.20. The molecule has 0 aliphatic carbocycles. The molecule has 0 saturated heterocycles. The Hall–Kier alpha value is -1.99. The largest absolute Gasteiger partial charge is 0.471 e. The highest BCUT2D eigenvalue weighted by Crippen LogP contribution is 2.15. The van der Waals surface area contributed by atoms with Gasteiger partial charge in [-0.2, -0.15) is 13.2 Å². The van der Waals surface area contributed by atoms with E-state index >= 15 is 0 Å². The second-order valence-electron chi connectivity index (χ2n) is 3.63. The van der Waals surface area contributed by atoms with Crippen LogP contribution in [0.5, 0.6) is 0 Å². The van der Waals surface area contributed by atoms with Crippen LogP contribution < -0.4 is 16.4 Å². The average molecular weight is 262 g/mol. The second kappa shape index (κ2) is 5.56. The number of carbonyl (C=O) groups is 1. The lowest BCUT2D eigenvalue weighted by atomic mass is 10.3. The first-order valence-electron chi connectivity index (χ1n) is 5.11. The van der Waals surface area contributed by atoms with Crippen molar-refractivity contribution in [1.29, 1.82) is 0 Å². The summed E-state index contributed by atoms with van der Waals surface area (Å²) >= 11 is 0. The minimum atomic E-state index is -4.86. The van der Waals surface area contributed by atoms with Gasteiger partial charge in [0.05, 0.1) is 5.69 Å². The molecule has 4 N–H and O–H groups in total. The maximum Gasteiger partial charge on any atom is 0.471 e. The van der Waals surface area contributed by atoms with Crippen LogP contribution in [0.1, 0.15) is 5.56 Å². The van der Waals surface area contributed by atoms with E-state index in [1.54, 1.807) is 17.6 Å². The third-order valence-corrected chi connectivity index (χ3v) is 2.01. The number of amides is 1. The molecule has 1 heterocycles. The number of hydrogen-bond donors (Lipinski definition) is 3. The van der Waals surface area contributed by atoms with Crippen molar-refractivity contribution in [3.8, 4) is 0 Å². The zero-order valence-electron chi connectivity index (χ0n) is 9.64. The van der Waals surface area contributed by atoms with E-state index in [0.717, 1.165) is 5.56 Å². The molecule has 1 aromatic rings. The van der Waals surface area contributed by atoms with Crippen molar-refractivity contribution in [2.24, 2.45) is 0 Å². The minimum absolute atomic E-state index is 0.0993. The van der Waals surface area contributed by atoms with Crippen LogP contribution in [0.4, 0.5) is 24.7 Å². The third kappa shape index (κ3) is 4.11. The summed E-state index contributed by atoms with van der Waals surface area (Å²) < 4.78 is 35.5. The Kier molecular flexibility index (Phi) is 4.35. The van der Waals surface area contributed by atoms with Crippen molar-refractivity contribution < 1.29 is 18.0 Å². The molecule has 0 aromatic carbocycles. The van der Waals surface area contributed by atoms with Gasteiger partial charge >= 0.3 is 12.1 Å². The maximum atomic E-state index is 11.8. The van der Waals surface area contributed by atoms with Gasteiger partial charge in [0, 0.05) is 19.3 Å². The monoisotopic (exact) mass is 262 g/mol. The lowest BCUT2D eigenvalue weighted by Gasteiger charge is -2.10. The Balaban J connectivity index is 2.36. The summed E-state index contributed by atoms with van der Waals surface area (Å²) in [5.41, 5.74) is 6.92. The summed E-state index contributed by atoms with van der Waals surface area (Å²) in [5, 5.41) is 4.46. The number of anilines is 2. The number of nitrogens with two attached hydrogens (primary N) is 1. The number of aryl methyl sites for hydroxylation is 1. The maximum absolute atomic E-state index is 11.8. The number of alkyl halides is 3. The van der Waals surface area contributed by atoms with Crippen molar-refractivity contribution in [1.82, 2.24) is 10.3 Å². The predicted molar refractivity (Wildman–Crippen MR) is 60.9 cm³/mol. The fraction of sp³-hybridized carbons (Fsp3) is 0.400. The van der Waals surface area contributed by atoms with Crippen molar-refractivity contribution in [2.75, 3.05) is 24.1 Å². The number of nitrogen functional groups attached to an aromatic ring is 1. The molecule has 0 saturated carbocycles. The molecule has 0 fully saturated rings. The molecule has 0 bridgehead atoms. The third-order valence-electron chi connectivity index (χ3n) is 2.01. The highest BCUT2D eigenvalue weighted by Gasteiger charge is 2.38. The number of nitrogens with zero attached hydrogens (tertiary/aromatic N) is 1. The molecule has 5 nitrogen and oxygen atoms in total. The minimum Gasteiger partial charge on any atom is -0.396 e. The van der Waals surface area contributed by atoms with Gasteiger partial charge in [-0.05, 0) is 18.6 Å². The molecule has 1 rings (SSSR count). The Labute approximate surface area is 102 Å². The molecule has 8 heteroatoms. The van der Waals surface area contributed by atoms with Gasteiger partial charge in [-0.3, -0.25) is 4.79 Å². The zero-order chi connectivity index (χ0) is 13.8. The van der Waals surface area contributed by atoms with Crippen molar-refractivity contribution in [3.05, 3.63) is 17.8 Å². The van der Waals surface area contributed by atoms with E-state index in [1.807, 2.05) is 6.92 Å². The summed E-state index contributed by atoms with van der Waals surface area (Å²) in [6.45, 7) is 1.74. The number of hydrogen-bond acceptors (Lipinski definition) is 4. The summed E-state index contributed by atoms with van der Waals surface area (Å²) in [5.74, 6) is -1.59. The molecule has 18 heavy (non-hydrogen) atoms. The Morgan fingerprint density at radius 1 is 1.44 bits per heavy atom. The number of aromatic nitrogens is 1. The number of carbonyl (C=O) groups excluding carboxylic acids is 1. The van der Waals surface area contributed by atoms with E-state index in [4.69, 9.17) is 5.73 Å². The van der Waals surface area contributed by atoms with E-state index in [1.165, 1.54) is 0 Å². The van der Waals surface area contributed by atoms with E-state index in [0.29, 0.717) is 11.5 Å². The van der Waals surface area contributed by atoms with Gasteiger partial charge in [0.15, 0.2) is 0 Å². The van der Waals surface area contributed by atoms with Gasteiger partial charge in [0.1, 0.15) is 5.82 Å². The fourth-order valence-electron chi connectivity index (χ4n) is 1.20. The van der Waals surface area contributed by atoms with Crippen LogP contribution in [0.2, 0.25) is 0 Å². The molecule has 0 spiro atoms. The lowest BCUT2D eigenvalue weighted by Crippen LogP contribution is -2.39. The van der Waals surface area contributed by atoms with Crippen molar-refractivity contribution >= 4 is 17.4 Å². The van der Waals surface area contributed by atoms with Gasteiger partial charge in [0.25, 0.3) is 0 Å². The quantitative estimate of drug-likeness (QED) is 0.709. The van der Waals surface area contributed by atoms with Crippen LogP contribution in [-0.4, -0.2) is 30.2 Å². The van der Waals surface area contributed by atoms with Gasteiger partial charge in [0.2, 0.25) is 0 Å². The van der Waals surface area contributed by atoms with Gasteiger partial charge in [-0.1, -0.05) is 0 Å². The summed E-state index contributed by atoms with van der Waals surface area (Å²) in [4.78, 5) is 14.5. The second-order valence-corrected chi connectivity index (χ2v) is 3.63. The summed E-state index contributed by atoms with van der Waals surface area (Å²) in [7, 11) is 0. The average Bonchev–Trinajstić information content (AvgIpc) is 2.25. The van der Waals surface area contributed by atoms with Gasteiger partial charge < -0.3 is 16.4 Å². The van der Waals surface area contributed by atoms with E-state index in [9.17, 15) is 18.0 Å². The number of halogens is 3. The molecule has 0 unspecified atom stereocenters. The SMILES string of the molecule is Cc1cnc(NCCNC(=O)C(F)(F)F)c(N)c1. The topological polar surface area (TPSA) is 80.0 Å². The number of rotatable bonds is 4. The summed E-state index contributed by atoms with van der Waals surface area (Å²) in [6.07, 6.45) is -3.28. The first-order chi connectivity index (χ1) is 8.30. The Morgan fingerprint density at radius 2 is 2.11 bits per heavy atom. The first-order valence-corrected chi connectivity index (χ1v) is 5.11. The normalized spacial score (nSPS) is 11.1. The van der Waals surface area contributed by atoms with Gasteiger partial charge in [-0.15, -0.1) is 0 Å². The molecule has 0 aliphatic heterocycles. The molecule has 0 aliphatic rings. The van der Waals surface area contributed by atoms with Crippen LogP contribution in [-0.2, 0) is 4.79 Å². The molecule has 1 amide bonds. The molecule has 1 aromatic heterocycles. The van der Waals surface area contributed by atoms with Crippen LogP contribution in [0, 0.1) is 6.92 Å².